The molecule has 112 valence electrons. The number of carbonyl (C=O) groups is 1. The van der Waals surface area contributed by atoms with Gasteiger partial charge >= 0.3 is 0 Å². The largest absolute Gasteiger partial charge is 0.307 e. The highest BCUT2D eigenvalue weighted by Crippen LogP contribution is 2.32. The molecule has 0 bridgehead atoms. The number of halogens is 2. The number of rotatable bonds is 2. The number of aryl methyl sites for hydroxylation is 1. The predicted octanol–water partition coefficient (Wildman–Crippen LogP) is 3.98. The van der Waals surface area contributed by atoms with Crippen molar-refractivity contribution < 1.29 is 4.79 Å². The number of nitrogens with one attached hydrogen (secondary N) is 1. The molecule has 2 aromatic rings. The highest BCUT2D eigenvalue weighted by molar-refractivity contribution is 8.26. The molecular weight excluding hydrogens is 361 g/mol. The van der Waals surface area contributed by atoms with Crippen molar-refractivity contribution in [3.8, 4) is 5.69 Å². The van der Waals surface area contributed by atoms with Crippen LogP contribution in [0.3, 0.4) is 0 Å². The van der Waals surface area contributed by atoms with Crippen molar-refractivity contribution >= 4 is 63.5 Å². The number of aromatic nitrogens is 2. The summed E-state index contributed by atoms with van der Waals surface area (Å²) in [5.74, 6) is -0.226. The summed E-state index contributed by atoms with van der Waals surface area (Å²) in [6.45, 7) is 1.82. The lowest BCUT2D eigenvalue weighted by molar-refractivity contribution is -0.115. The van der Waals surface area contributed by atoms with E-state index in [1.165, 1.54) is 11.8 Å². The Bertz CT molecular complexity index is 829. The van der Waals surface area contributed by atoms with Gasteiger partial charge < -0.3 is 5.32 Å². The summed E-state index contributed by atoms with van der Waals surface area (Å²) in [4.78, 5) is 12.3. The minimum absolute atomic E-state index is 0.226. The number of hydrogen-bond acceptors (Lipinski definition) is 4. The fourth-order valence-corrected chi connectivity index (χ4v) is 3.57. The number of hydrogen-bond donors (Lipinski definition) is 1. The van der Waals surface area contributed by atoms with Crippen LogP contribution in [-0.2, 0) is 4.79 Å². The Labute approximate surface area is 146 Å². The van der Waals surface area contributed by atoms with E-state index in [0.29, 0.717) is 36.3 Å². The van der Waals surface area contributed by atoms with Crippen molar-refractivity contribution in [2.24, 2.45) is 0 Å². The van der Waals surface area contributed by atoms with Crippen LogP contribution in [0, 0.1) is 6.92 Å². The van der Waals surface area contributed by atoms with Crippen molar-refractivity contribution in [2.75, 3.05) is 0 Å². The molecule has 1 amide bonds. The van der Waals surface area contributed by atoms with Crippen LogP contribution in [0.25, 0.3) is 11.8 Å². The number of amides is 1. The quantitative estimate of drug-likeness (QED) is 0.642. The molecule has 0 aliphatic carbocycles. The van der Waals surface area contributed by atoms with E-state index in [1.54, 1.807) is 16.8 Å². The Balaban J connectivity index is 2.09. The number of benzene rings is 1. The maximum absolute atomic E-state index is 11.8. The molecule has 1 aromatic carbocycles. The number of carbonyl (C=O) groups excluding carboxylic acids is 1. The zero-order valence-corrected chi connectivity index (χ0v) is 14.4. The van der Waals surface area contributed by atoms with Gasteiger partial charge in [0.05, 0.1) is 21.3 Å². The van der Waals surface area contributed by atoms with Gasteiger partial charge in [-0.25, -0.2) is 4.68 Å². The van der Waals surface area contributed by atoms with Gasteiger partial charge in [-0.15, -0.1) is 0 Å². The van der Waals surface area contributed by atoms with Gasteiger partial charge in [0.1, 0.15) is 9.47 Å². The molecule has 3 rings (SSSR count). The van der Waals surface area contributed by atoms with Crippen LogP contribution in [-0.4, -0.2) is 20.0 Å². The summed E-state index contributed by atoms with van der Waals surface area (Å²) in [5.41, 5.74) is 2.05. The topological polar surface area (TPSA) is 46.9 Å². The zero-order chi connectivity index (χ0) is 15.9. The SMILES string of the molecule is Cc1nn(-c2ccccc2Cl)c(Cl)c1/C=C1\SC(=S)NC1=O. The fourth-order valence-electron chi connectivity index (χ4n) is 2.01. The Kier molecular flexibility index (Phi) is 4.27. The molecule has 1 aliphatic heterocycles. The van der Waals surface area contributed by atoms with Gasteiger partial charge in [0.25, 0.3) is 5.91 Å². The molecule has 0 spiro atoms. The molecule has 8 heteroatoms. The van der Waals surface area contributed by atoms with E-state index in [0.717, 1.165) is 0 Å². The molecule has 0 unspecified atom stereocenters. The van der Waals surface area contributed by atoms with Crippen LogP contribution < -0.4 is 5.32 Å². The molecule has 0 atom stereocenters. The molecule has 0 radical (unpaired) electrons. The van der Waals surface area contributed by atoms with Crippen molar-refractivity contribution in [1.29, 1.82) is 0 Å². The highest BCUT2D eigenvalue weighted by Gasteiger charge is 2.24. The Morgan fingerprint density at radius 1 is 1.36 bits per heavy atom. The first-order valence-corrected chi connectivity index (χ1v) is 8.20. The average Bonchev–Trinajstić information content (AvgIpc) is 2.93. The average molecular weight is 370 g/mol. The monoisotopic (exact) mass is 369 g/mol. The van der Waals surface area contributed by atoms with Crippen molar-refractivity contribution in [1.82, 2.24) is 15.1 Å². The summed E-state index contributed by atoms with van der Waals surface area (Å²) in [6.07, 6.45) is 1.69. The van der Waals surface area contributed by atoms with Gasteiger partial charge in [0, 0.05) is 5.56 Å². The minimum Gasteiger partial charge on any atom is -0.307 e. The maximum Gasteiger partial charge on any atom is 0.263 e. The first-order chi connectivity index (χ1) is 10.5. The smallest absolute Gasteiger partial charge is 0.263 e. The molecule has 22 heavy (non-hydrogen) atoms. The first-order valence-electron chi connectivity index (χ1n) is 6.22. The minimum atomic E-state index is -0.226. The molecule has 1 saturated heterocycles. The van der Waals surface area contributed by atoms with Gasteiger partial charge in [-0.1, -0.05) is 59.3 Å². The Morgan fingerprint density at radius 3 is 2.73 bits per heavy atom. The molecule has 0 saturated carbocycles. The van der Waals surface area contributed by atoms with Crippen LogP contribution >= 0.6 is 47.2 Å². The van der Waals surface area contributed by atoms with E-state index >= 15 is 0 Å². The van der Waals surface area contributed by atoms with Crippen LogP contribution in [0.2, 0.25) is 10.2 Å². The second kappa shape index (κ2) is 6.04. The number of thiocarbonyl (C=S) groups is 1. The normalized spacial score (nSPS) is 16.4. The zero-order valence-electron chi connectivity index (χ0n) is 11.3. The highest BCUT2D eigenvalue weighted by atomic mass is 35.5. The second-order valence-electron chi connectivity index (χ2n) is 4.51. The number of thioether (sulfide) groups is 1. The van der Waals surface area contributed by atoms with Gasteiger partial charge in [-0.05, 0) is 25.1 Å². The lowest BCUT2D eigenvalue weighted by atomic mass is 10.2. The Hall–Kier alpha value is -1.34. The van der Waals surface area contributed by atoms with E-state index < -0.39 is 0 Å². The molecule has 1 N–H and O–H groups in total. The van der Waals surface area contributed by atoms with E-state index in [4.69, 9.17) is 35.4 Å². The van der Waals surface area contributed by atoms with Crippen LogP contribution in [0.4, 0.5) is 0 Å². The van der Waals surface area contributed by atoms with Gasteiger partial charge in [-0.3, -0.25) is 4.79 Å². The summed E-state index contributed by atoms with van der Waals surface area (Å²) in [6, 6.07) is 7.27. The summed E-state index contributed by atoms with van der Waals surface area (Å²) >= 11 is 18.8. The van der Waals surface area contributed by atoms with Gasteiger partial charge in [0.2, 0.25) is 0 Å². The standard InChI is InChI=1S/C14H9Cl2N3OS2/c1-7-8(6-11-13(20)17-14(21)22-11)12(16)19(18-7)10-5-3-2-4-9(10)15/h2-6H,1H3,(H,17,20,21)/b11-6-. The van der Waals surface area contributed by atoms with Crippen molar-refractivity contribution in [3.63, 3.8) is 0 Å². The number of para-hydroxylation sites is 1. The van der Waals surface area contributed by atoms with Crippen molar-refractivity contribution in [3.05, 3.63) is 50.6 Å². The third-order valence-electron chi connectivity index (χ3n) is 3.05. The molecule has 1 fully saturated rings. The molecule has 4 nitrogen and oxygen atoms in total. The maximum atomic E-state index is 11.8. The van der Waals surface area contributed by atoms with E-state index in [2.05, 4.69) is 10.4 Å². The lowest BCUT2D eigenvalue weighted by Gasteiger charge is -2.05. The van der Waals surface area contributed by atoms with Crippen LogP contribution in [0.5, 0.6) is 0 Å². The fraction of sp³-hybridized carbons (Fsp3) is 0.0714. The summed E-state index contributed by atoms with van der Waals surface area (Å²) in [5, 5.41) is 7.91. The summed E-state index contributed by atoms with van der Waals surface area (Å²) < 4.78 is 1.99. The Morgan fingerprint density at radius 2 is 2.09 bits per heavy atom. The first kappa shape index (κ1) is 15.6. The third-order valence-corrected chi connectivity index (χ3v) is 4.89. The van der Waals surface area contributed by atoms with E-state index in [-0.39, 0.29) is 5.91 Å². The van der Waals surface area contributed by atoms with Crippen LogP contribution in [0.15, 0.2) is 29.2 Å². The third kappa shape index (κ3) is 2.79. The van der Waals surface area contributed by atoms with Gasteiger partial charge in [0.15, 0.2) is 0 Å². The van der Waals surface area contributed by atoms with E-state index in [9.17, 15) is 4.79 Å². The molecule has 2 heterocycles. The van der Waals surface area contributed by atoms with Crippen LogP contribution in [0.1, 0.15) is 11.3 Å². The number of nitrogens with zero attached hydrogens (tertiary/aromatic N) is 2. The summed E-state index contributed by atoms with van der Waals surface area (Å²) in [7, 11) is 0. The van der Waals surface area contributed by atoms with E-state index in [1.807, 2.05) is 25.1 Å². The predicted molar refractivity (Wildman–Crippen MR) is 94.6 cm³/mol. The van der Waals surface area contributed by atoms with Crippen molar-refractivity contribution in [2.45, 2.75) is 6.92 Å². The second-order valence-corrected chi connectivity index (χ2v) is 6.99. The van der Waals surface area contributed by atoms with Gasteiger partial charge in [-0.2, -0.15) is 5.10 Å². The lowest BCUT2D eigenvalue weighted by Crippen LogP contribution is -2.17. The molecular formula is C14H9Cl2N3OS2. The molecule has 1 aliphatic rings. The molecule has 1 aromatic heterocycles.